The van der Waals surface area contributed by atoms with Crippen LogP contribution in [0.15, 0.2) is 62.7 Å². The standard InChI is InChI=1S/C23H27N3O7S2/c1-16(2)35(30,31)20-10-6-17(7-11-20)15-22-25-26-23(33-22)24-21(27)5-4-14-34(28,29)19-12-8-18(32-3)9-13-19/h6-13,16H,4-5,14-15H2,1-3H3,(H,24,26,27). The van der Waals surface area contributed by atoms with Gasteiger partial charge >= 0.3 is 6.01 Å². The van der Waals surface area contributed by atoms with Crippen LogP contribution in [0.1, 0.15) is 38.1 Å². The minimum atomic E-state index is -3.53. The van der Waals surface area contributed by atoms with Crippen LogP contribution in [0.25, 0.3) is 0 Å². The van der Waals surface area contributed by atoms with E-state index in [-0.39, 0.29) is 46.7 Å². The lowest BCUT2D eigenvalue weighted by atomic mass is 10.1. The van der Waals surface area contributed by atoms with Crippen LogP contribution in [-0.4, -0.2) is 51.1 Å². The Kier molecular flexibility index (Phi) is 8.28. The highest BCUT2D eigenvalue weighted by Gasteiger charge is 2.19. The van der Waals surface area contributed by atoms with Gasteiger partial charge in [-0.2, -0.15) is 0 Å². The smallest absolute Gasteiger partial charge is 0.322 e. The molecule has 0 atom stereocenters. The second-order valence-electron chi connectivity index (χ2n) is 8.06. The third kappa shape index (κ3) is 6.89. The monoisotopic (exact) mass is 521 g/mol. The van der Waals surface area contributed by atoms with E-state index in [0.29, 0.717) is 5.75 Å². The SMILES string of the molecule is COc1ccc(S(=O)(=O)CCCC(=O)Nc2nnc(Cc3ccc(S(=O)(=O)C(C)C)cc3)o2)cc1. The molecular formula is C23H27N3O7S2. The molecule has 0 aliphatic carbocycles. The molecule has 3 aromatic rings. The molecule has 0 spiro atoms. The fraction of sp³-hybridized carbons (Fsp3) is 0.348. The van der Waals surface area contributed by atoms with Crippen molar-refractivity contribution in [2.45, 2.75) is 48.2 Å². The van der Waals surface area contributed by atoms with Crippen molar-refractivity contribution in [2.24, 2.45) is 0 Å². The number of ether oxygens (including phenoxy) is 1. The van der Waals surface area contributed by atoms with Crippen molar-refractivity contribution in [2.75, 3.05) is 18.2 Å². The van der Waals surface area contributed by atoms with Crippen molar-refractivity contribution in [1.29, 1.82) is 0 Å². The van der Waals surface area contributed by atoms with Crippen LogP contribution in [0.5, 0.6) is 5.75 Å². The molecule has 0 radical (unpaired) electrons. The quantitative estimate of drug-likeness (QED) is 0.402. The first-order valence-electron chi connectivity index (χ1n) is 10.8. The largest absolute Gasteiger partial charge is 0.497 e. The Morgan fingerprint density at radius 1 is 0.971 bits per heavy atom. The molecule has 12 heteroatoms. The van der Waals surface area contributed by atoms with Crippen LogP contribution in [-0.2, 0) is 30.9 Å². The number of sulfone groups is 2. The summed E-state index contributed by atoms with van der Waals surface area (Å²) in [5.41, 5.74) is 0.762. The maximum Gasteiger partial charge on any atom is 0.322 e. The normalized spacial score (nSPS) is 12.0. The Balaban J connectivity index is 1.50. The molecule has 0 unspecified atom stereocenters. The summed E-state index contributed by atoms with van der Waals surface area (Å²) in [4.78, 5) is 12.6. The first-order chi connectivity index (χ1) is 16.5. The van der Waals surface area contributed by atoms with Crippen LogP contribution in [0.2, 0.25) is 0 Å². The van der Waals surface area contributed by atoms with Gasteiger partial charge in [0.05, 0.1) is 34.3 Å². The number of benzene rings is 2. The fourth-order valence-corrected chi connectivity index (χ4v) is 5.50. The summed E-state index contributed by atoms with van der Waals surface area (Å²) in [6.45, 7) is 3.24. The van der Waals surface area contributed by atoms with Gasteiger partial charge in [0.25, 0.3) is 0 Å². The Bertz CT molecular complexity index is 1360. The van der Waals surface area contributed by atoms with Gasteiger partial charge in [-0.25, -0.2) is 16.8 Å². The number of nitrogens with zero attached hydrogens (tertiary/aromatic N) is 2. The molecule has 0 aliphatic heterocycles. The van der Waals surface area contributed by atoms with Gasteiger partial charge in [-0.1, -0.05) is 17.2 Å². The number of amides is 1. The number of hydrogen-bond donors (Lipinski definition) is 1. The Morgan fingerprint density at radius 3 is 2.20 bits per heavy atom. The molecule has 0 bridgehead atoms. The summed E-state index contributed by atoms with van der Waals surface area (Å²) in [5.74, 6) is 0.151. The maximum atomic E-state index is 12.4. The zero-order chi connectivity index (χ0) is 25.6. The minimum absolute atomic E-state index is 0.0428. The number of anilines is 1. The van der Waals surface area contributed by atoms with Crippen molar-refractivity contribution in [3.05, 3.63) is 60.0 Å². The Labute approximate surface area is 204 Å². The highest BCUT2D eigenvalue weighted by Crippen LogP contribution is 2.19. The molecule has 3 rings (SSSR count). The van der Waals surface area contributed by atoms with Crippen LogP contribution in [0.4, 0.5) is 6.01 Å². The van der Waals surface area contributed by atoms with Crippen molar-refractivity contribution < 1.29 is 30.8 Å². The Morgan fingerprint density at radius 2 is 1.60 bits per heavy atom. The van der Waals surface area contributed by atoms with Gasteiger partial charge in [0.2, 0.25) is 11.8 Å². The highest BCUT2D eigenvalue weighted by atomic mass is 32.2. The molecule has 10 nitrogen and oxygen atoms in total. The molecule has 0 fully saturated rings. The molecule has 35 heavy (non-hydrogen) atoms. The molecule has 1 amide bonds. The summed E-state index contributed by atoms with van der Waals surface area (Å²) in [6, 6.07) is 12.4. The van der Waals surface area contributed by atoms with Crippen molar-refractivity contribution >= 4 is 31.6 Å². The van der Waals surface area contributed by atoms with Crippen molar-refractivity contribution in [1.82, 2.24) is 10.2 Å². The van der Waals surface area contributed by atoms with Crippen molar-refractivity contribution in [3.63, 3.8) is 0 Å². The van der Waals surface area contributed by atoms with Crippen molar-refractivity contribution in [3.8, 4) is 5.75 Å². The lowest BCUT2D eigenvalue weighted by Crippen LogP contribution is -2.14. The molecule has 1 N–H and O–H groups in total. The topological polar surface area (TPSA) is 146 Å². The molecule has 1 aromatic heterocycles. The second-order valence-corrected chi connectivity index (χ2v) is 12.7. The second kappa shape index (κ2) is 11.0. The van der Waals surface area contributed by atoms with E-state index in [1.807, 2.05) is 0 Å². The number of hydrogen-bond acceptors (Lipinski definition) is 9. The number of methoxy groups -OCH3 is 1. The van der Waals surface area contributed by atoms with Crippen LogP contribution < -0.4 is 10.1 Å². The number of carbonyl (C=O) groups is 1. The number of rotatable bonds is 11. The summed E-state index contributed by atoms with van der Waals surface area (Å²) >= 11 is 0. The minimum Gasteiger partial charge on any atom is -0.497 e. The molecule has 0 aliphatic rings. The van der Waals surface area contributed by atoms with E-state index in [0.717, 1.165) is 5.56 Å². The van der Waals surface area contributed by atoms with Gasteiger partial charge in [-0.05, 0) is 62.2 Å². The summed E-state index contributed by atoms with van der Waals surface area (Å²) in [7, 11) is -5.39. The molecule has 0 saturated heterocycles. The van der Waals surface area contributed by atoms with E-state index < -0.39 is 30.8 Å². The van der Waals surface area contributed by atoms with Gasteiger partial charge in [0.15, 0.2) is 19.7 Å². The third-order valence-electron chi connectivity index (χ3n) is 5.18. The maximum absolute atomic E-state index is 12.4. The van der Waals surface area contributed by atoms with Crippen LogP contribution >= 0.6 is 0 Å². The van der Waals surface area contributed by atoms with Gasteiger partial charge in [-0.15, -0.1) is 5.10 Å². The molecule has 0 saturated carbocycles. The summed E-state index contributed by atoms with van der Waals surface area (Å²) in [5, 5.41) is 9.61. The molecule has 1 heterocycles. The Hall–Kier alpha value is -3.25. The summed E-state index contributed by atoms with van der Waals surface area (Å²) in [6.07, 6.45) is 0.330. The lowest BCUT2D eigenvalue weighted by molar-refractivity contribution is -0.116. The average molecular weight is 522 g/mol. The average Bonchev–Trinajstić information content (AvgIpc) is 3.25. The fourth-order valence-electron chi connectivity index (χ4n) is 3.12. The van der Waals surface area contributed by atoms with Gasteiger partial charge < -0.3 is 9.15 Å². The predicted octanol–water partition coefficient (Wildman–Crippen LogP) is 3.04. The zero-order valence-corrected chi connectivity index (χ0v) is 21.2. The number of carbonyl (C=O) groups excluding carboxylic acids is 1. The first-order valence-corrected chi connectivity index (χ1v) is 14.0. The van der Waals surface area contributed by atoms with E-state index in [1.165, 1.54) is 31.4 Å². The molecule has 188 valence electrons. The van der Waals surface area contributed by atoms with E-state index in [4.69, 9.17) is 9.15 Å². The number of aromatic nitrogens is 2. The van der Waals surface area contributed by atoms with E-state index in [9.17, 15) is 21.6 Å². The third-order valence-corrected chi connectivity index (χ3v) is 9.16. The zero-order valence-electron chi connectivity index (χ0n) is 19.6. The van der Waals surface area contributed by atoms with Gasteiger partial charge in [0, 0.05) is 6.42 Å². The molecule has 2 aromatic carbocycles. The van der Waals surface area contributed by atoms with Gasteiger partial charge in [0.1, 0.15) is 5.75 Å². The molecular weight excluding hydrogens is 494 g/mol. The van der Waals surface area contributed by atoms with E-state index in [2.05, 4.69) is 15.5 Å². The van der Waals surface area contributed by atoms with Crippen LogP contribution in [0, 0.1) is 0 Å². The van der Waals surface area contributed by atoms with Gasteiger partial charge in [-0.3, -0.25) is 10.1 Å². The predicted molar refractivity (Wildman–Crippen MR) is 129 cm³/mol. The van der Waals surface area contributed by atoms with Crippen LogP contribution in [0.3, 0.4) is 0 Å². The van der Waals surface area contributed by atoms with E-state index >= 15 is 0 Å². The first kappa shape index (κ1) is 26.4. The highest BCUT2D eigenvalue weighted by molar-refractivity contribution is 7.92. The summed E-state index contributed by atoms with van der Waals surface area (Å²) < 4.78 is 59.7. The van der Waals surface area contributed by atoms with E-state index in [1.54, 1.807) is 38.1 Å². The number of nitrogens with one attached hydrogen (secondary N) is 1. The lowest BCUT2D eigenvalue weighted by Gasteiger charge is -2.08.